The number of aromatic nitrogens is 1. The zero-order valence-corrected chi connectivity index (χ0v) is 21.6. The molecule has 1 aliphatic heterocycles. The first-order valence-electron chi connectivity index (χ1n) is 11.1. The third kappa shape index (κ3) is 7.97. The standard InChI is InChI=1S/C22H21F2N3O3S2.C2HF3O2/c1-2-17-19(30-16-8-9-27(12-16)11-15-6-4-3-5-7-15)10-18(23)22(21(17)24)32(28,29)26-20-13-31-14-25-20;3-2(4,5)1(6)7/h2-7,10,13-14,16,26H,1,8-9,11-12H2;(H,6,7). The molecule has 0 radical (unpaired) electrons. The predicted molar refractivity (Wildman–Crippen MR) is 134 cm³/mol. The molecule has 3 aromatic rings. The fourth-order valence-corrected chi connectivity index (χ4v) is 5.35. The van der Waals surface area contributed by atoms with Gasteiger partial charge in [-0.15, -0.1) is 11.3 Å². The number of benzene rings is 2. The number of carboxylic acids is 1. The second-order valence-corrected chi connectivity index (χ2v) is 10.5. The molecule has 1 saturated heterocycles. The second kappa shape index (κ2) is 12.5. The summed E-state index contributed by atoms with van der Waals surface area (Å²) in [5.41, 5.74) is 2.37. The molecule has 0 saturated carbocycles. The number of rotatable bonds is 8. The van der Waals surface area contributed by atoms with E-state index in [0.29, 0.717) is 13.0 Å². The number of likely N-dealkylation sites (tertiary alicyclic amines) is 1. The number of alkyl halides is 3. The minimum atomic E-state index is -5.08. The number of hydrogen-bond acceptors (Lipinski definition) is 7. The van der Waals surface area contributed by atoms with Crippen molar-refractivity contribution in [2.45, 2.75) is 30.1 Å². The van der Waals surface area contributed by atoms with E-state index in [9.17, 15) is 26.0 Å². The van der Waals surface area contributed by atoms with E-state index >= 15 is 4.39 Å². The zero-order valence-electron chi connectivity index (χ0n) is 20.0. The molecule has 0 bridgehead atoms. The molecule has 0 amide bonds. The summed E-state index contributed by atoms with van der Waals surface area (Å²) in [6.07, 6.45) is -3.56. The van der Waals surface area contributed by atoms with Crippen LogP contribution in [0.4, 0.5) is 27.8 Å². The van der Waals surface area contributed by atoms with Crippen molar-refractivity contribution in [3.63, 3.8) is 0 Å². The Hall–Kier alpha value is -3.56. The van der Waals surface area contributed by atoms with Gasteiger partial charge >= 0.3 is 12.1 Å². The Bertz CT molecular complexity index is 1400. The van der Waals surface area contributed by atoms with Gasteiger partial charge in [-0.3, -0.25) is 9.62 Å². The van der Waals surface area contributed by atoms with Gasteiger partial charge in [-0.25, -0.2) is 27.0 Å². The quantitative estimate of drug-likeness (QED) is 0.349. The summed E-state index contributed by atoms with van der Waals surface area (Å²) in [6.45, 7) is 5.65. The van der Waals surface area contributed by atoms with Crippen molar-refractivity contribution in [1.29, 1.82) is 0 Å². The molecule has 15 heteroatoms. The lowest BCUT2D eigenvalue weighted by Gasteiger charge is -2.19. The van der Waals surface area contributed by atoms with Crippen LogP contribution < -0.4 is 9.46 Å². The van der Waals surface area contributed by atoms with Crippen LogP contribution in [-0.2, 0) is 21.4 Å². The Balaban J connectivity index is 0.000000532. The van der Waals surface area contributed by atoms with Crippen molar-refractivity contribution in [2.24, 2.45) is 0 Å². The van der Waals surface area contributed by atoms with Gasteiger partial charge in [0.25, 0.3) is 10.0 Å². The first kappa shape index (κ1) is 30.0. The minimum absolute atomic E-state index is 0.0151. The molecule has 1 aliphatic rings. The number of aliphatic carboxylic acids is 1. The minimum Gasteiger partial charge on any atom is -0.488 e. The number of halogens is 5. The van der Waals surface area contributed by atoms with Crippen molar-refractivity contribution in [1.82, 2.24) is 9.88 Å². The molecule has 2 heterocycles. The number of sulfonamides is 1. The number of hydrogen-bond donors (Lipinski definition) is 2. The molecular weight excluding hydrogens is 569 g/mol. The molecule has 39 heavy (non-hydrogen) atoms. The molecular formula is C24H22F5N3O5S2. The van der Waals surface area contributed by atoms with Crippen molar-refractivity contribution >= 4 is 39.2 Å². The van der Waals surface area contributed by atoms with Crippen LogP contribution in [0.15, 0.2) is 58.8 Å². The second-order valence-electron chi connectivity index (χ2n) is 8.15. The van der Waals surface area contributed by atoms with E-state index < -0.39 is 38.7 Å². The molecule has 1 fully saturated rings. The summed E-state index contributed by atoms with van der Waals surface area (Å²) in [6, 6.07) is 10.9. The maximum Gasteiger partial charge on any atom is 0.490 e. The summed E-state index contributed by atoms with van der Waals surface area (Å²) in [5.74, 6) is -5.35. The van der Waals surface area contributed by atoms with Gasteiger partial charge in [-0.05, 0) is 12.0 Å². The summed E-state index contributed by atoms with van der Waals surface area (Å²) in [7, 11) is -4.53. The number of nitrogens with one attached hydrogen (secondary N) is 1. The predicted octanol–water partition coefficient (Wildman–Crippen LogP) is 5.15. The lowest BCUT2D eigenvalue weighted by molar-refractivity contribution is -0.192. The molecule has 4 rings (SSSR count). The maximum absolute atomic E-state index is 15.1. The van der Waals surface area contributed by atoms with Gasteiger partial charge in [0, 0.05) is 31.1 Å². The first-order chi connectivity index (χ1) is 18.3. The van der Waals surface area contributed by atoms with E-state index in [1.54, 1.807) is 0 Å². The molecule has 210 valence electrons. The smallest absolute Gasteiger partial charge is 0.488 e. The van der Waals surface area contributed by atoms with Gasteiger partial charge in [-0.2, -0.15) is 13.2 Å². The molecule has 2 aromatic carbocycles. The molecule has 8 nitrogen and oxygen atoms in total. The lowest BCUT2D eigenvalue weighted by atomic mass is 10.1. The largest absolute Gasteiger partial charge is 0.490 e. The number of carbonyl (C=O) groups is 1. The van der Waals surface area contributed by atoms with Crippen LogP contribution in [0.1, 0.15) is 17.5 Å². The van der Waals surface area contributed by atoms with Crippen LogP contribution in [0, 0.1) is 11.6 Å². The number of anilines is 1. The van der Waals surface area contributed by atoms with Crippen LogP contribution in [0.25, 0.3) is 6.08 Å². The molecule has 1 aromatic heterocycles. The van der Waals surface area contributed by atoms with E-state index in [1.165, 1.54) is 16.5 Å². The fourth-order valence-electron chi connectivity index (χ4n) is 3.64. The highest BCUT2D eigenvalue weighted by molar-refractivity contribution is 7.92. The Morgan fingerprint density at radius 2 is 1.95 bits per heavy atom. The summed E-state index contributed by atoms with van der Waals surface area (Å²) in [4.78, 5) is 13.8. The SMILES string of the molecule is C=Cc1c(OC2CCN(Cc3ccccc3)C2)cc(F)c(S(=O)(=O)Nc2cscn2)c1F.O=C(O)C(F)(F)F. The Labute approximate surface area is 224 Å². The monoisotopic (exact) mass is 591 g/mol. The van der Waals surface area contributed by atoms with E-state index in [1.807, 2.05) is 30.3 Å². The normalized spacial score (nSPS) is 15.8. The highest BCUT2D eigenvalue weighted by Gasteiger charge is 2.38. The molecule has 2 N–H and O–H groups in total. The highest BCUT2D eigenvalue weighted by atomic mass is 32.2. The topological polar surface area (TPSA) is 109 Å². The molecule has 0 aliphatic carbocycles. The Kier molecular flexibility index (Phi) is 9.63. The van der Waals surface area contributed by atoms with Gasteiger partial charge in [0.05, 0.1) is 11.1 Å². The molecule has 0 spiro atoms. The Morgan fingerprint density at radius 3 is 2.51 bits per heavy atom. The van der Waals surface area contributed by atoms with Gasteiger partial charge in [0.1, 0.15) is 17.7 Å². The van der Waals surface area contributed by atoms with Gasteiger partial charge in [0.15, 0.2) is 16.5 Å². The summed E-state index contributed by atoms with van der Waals surface area (Å²) < 4.78 is 94.7. The van der Waals surface area contributed by atoms with Crippen molar-refractivity contribution in [2.75, 3.05) is 17.8 Å². The van der Waals surface area contributed by atoms with Gasteiger partial charge in [0.2, 0.25) is 0 Å². The third-order valence-electron chi connectivity index (χ3n) is 5.33. The van der Waals surface area contributed by atoms with Gasteiger partial charge < -0.3 is 9.84 Å². The molecule has 1 unspecified atom stereocenters. The van der Waals surface area contributed by atoms with Crippen LogP contribution in [-0.4, -0.2) is 54.7 Å². The zero-order chi connectivity index (χ0) is 28.8. The summed E-state index contributed by atoms with van der Waals surface area (Å²) in [5, 5.41) is 8.54. The number of ether oxygens (including phenoxy) is 1. The number of thiazole rings is 1. The third-order valence-corrected chi connectivity index (χ3v) is 7.31. The number of carboxylic acid groups (broad SMARTS) is 1. The fraction of sp³-hybridized carbons (Fsp3) is 0.250. The van der Waals surface area contributed by atoms with Crippen molar-refractivity contribution in [3.8, 4) is 5.75 Å². The van der Waals surface area contributed by atoms with Crippen LogP contribution in [0.5, 0.6) is 5.75 Å². The first-order valence-corrected chi connectivity index (χ1v) is 13.5. The Morgan fingerprint density at radius 1 is 1.28 bits per heavy atom. The van der Waals surface area contributed by atoms with E-state index in [0.717, 1.165) is 36.6 Å². The maximum atomic E-state index is 15.1. The van der Waals surface area contributed by atoms with Crippen LogP contribution in [0.2, 0.25) is 0 Å². The van der Waals surface area contributed by atoms with Crippen molar-refractivity contribution in [3.05, 3.63) is 76.6 Å². The van der Waals surface area contributed by atoms with Crippen molar-refractivity contribution < 1.29 is 45.0 Å². The van der Waals surface area contributed by atoms with E-state index in [2.05, 4.69) is 21.2 Å². The lowest BCUT2D eigenvalue weighted by Crippen LogP contribution is -2.25. The number of nitrogens with zero attached hydrogens (tertiary/aromatic N) is 2. The average Bonchev–Trinajstić information content (AvgIpc) is 3.51. The molecule has 1 atom stereocenters. The van der Waals surface area contributed by atoms with E-state index in [-0.39, 0.29) is 23.2 Å². The average molecular weight is 592 g/mol. The van der Waals surface area contributed by atoms with Crippen LogP contribution in [0.3, 0.4) is 0 Å². The van der Waals surface area contributed by atoms with Gasteiger partial charge in [-0.1, -0.05) is 43.0 Å². The summed E-state index contributed by atoms with van der Waals surface area (Å²) >= 11 is 1.15. The highest BCUT2D eigenvalue weighted by Crippen LogP contribution is 2.33. The van der Waals surface area contributed by atoms with E-state index in [4.69, 9.17) is 14.6 Å². The van der Waals surface area contributed by atoms with Crippen LogP contribution >= 0.6 is 11.3 Å².